The highest BCUT2D eigenvalue weighted by molar-refractivity contribution is 6.34. The third kappa shape index (κ3) is 3.31. The number of carbonyl (C=O) groups excluding carboxylic acids is 1. The van der Waals surface area contributed by atoms with Gasteiger partial charge >= 0.3 is 0 Å². The van der Waals surface area contributed by atoms with E-state index in [9.17, 15) is 4.79 Å². The molecule has 22 heavy (non-hydrogen) atoms. The van der Waals surface area contributed by atoms with Crippen LogP contribution < -0.4 is 0 Å². The number of hydrogen-bond donors (Lipinski definition) is 0. The largest absolute Gasteiger partial charge is 0.289 e. The van der Waals surface area contributed by atoms with Gasteiger partial charge in [-0.1, -0.05) is 57.7 Å². The van der Waals surface area contributed by atoms with Gasteiger partial charge in [0.15, 0.2) is 5.78 Å². The van der Waals surface area contributed by atoms with Crippen molar-refractivity contribution >= 4 is 40.4 Å². The Morgan fingerprint density at radius 1 is 0.864 bits per heavy atom. The molecule has 0 radical (unpaired) electrons. The summed E-state index contributed by atoms with van der Waals surface area (Å²) in [6.07, 6.45) is 0. The lowest BCUT2D eigenvalue weighted by molar-refractivity contribution is 0.103. The second-order valence-corrected chi connectivity index (χ2v) is 4.85. The quantitative estimate of drug-likeness (QED) is 0.285. The van der Waals surface area contributed by atoms with E-state index >= 15 is 0 Å². The first kappa shape index (κ1) is 15.7. The van der Waals surface area contributed by atoms with E-state index in [0.717, 1.165) is 0 Å². The highest BCUT2D eigenvalue weighted by Gasteiger charge is 2.12. The van der Waals surface area contributed by atoms with Gasteiger partial charge in [-0.3, -0.25) is 4.79 Å². The normalized spacial score (nSPS) is 9.55. The molecule has 0 aliphatic heterocycles. The van der Waals surface area contributed by atoms with Crippen molar-refractivity contribution in [1.29, 1.82) is 0 Å². The standard InChI is InChI=1S/C13H6Cl2N6O/c14-9-5-7(1-3-11(9)18-20-16)13(22)8-2-4-12(19-21-17)10(15)6-8/h1-6H. The van der Waals surface area contributed by atoms with E-state index in [1.807, 2.05) is 0 Å². The zero-order valence-electron chi connectivity index (χ0n) is 10.8. The van der Waals surface area contributed by atoms with Gasteiger partial charge in [0.05, 0.1) is 21.4 Å². The number of rotatable bonds is 4. The van der Waals surface area contributed by atoms with Crippen molar-refractivity contribution in [2.45, 2.75) is 0 Å². The Hall–Kier alpha value is -2.69. The molecule has 2 rings (SSSR count). The van der Waals surface area contributed by atoms with E-state index in [0.29, 0.717) is 11.1 Å². The predicted octanol–water partition coefficient (Wildman–Crippen LogP) is 6.11. The van der Waals surface area contributed by atoms with Crippen LogP contribution in [0.5, 0.6) is 0 Å². The number of hydrogen-bond acceptors (Lipinski definition) is 3. The van der Waals surface area contributed by atoms with Gasteiger partial charge in [0, 0.05) is 21.0 Å². The Balaban J connectivity index is 2.40. The molecule has 0 atom stereocenters. The predicted molar refractivity (Wildman–Crippen MR) is 83.9 cm³/mol. The van der Waals surface area contributed by atoms with E-state index in [1.165, 1.54) is 36.4 Å². The molecule has 0 saturated heterocycles. The van der Waals surface area contributed by atoms with Gasteiger partial charge < -0.3 is 0 Å². The number of azide groups is 2. The van der Waals surface area contributed by atoms with Crippen LogP contribution in [0.2, 0.25) is 10.0 Å². The molecule has 2 aromatic rings. The van der Waals surface area contributed by atoms with Crippen molar-refractivity contribution < 1.29 is 4.79 Å². The zero-order chi connectivity index (χ0) is 16.1. The summed E-state index contributed by atoms with van der Waals surface area (Å²) in [5.41, 5.74) is 17.9. The van der Waals surface area contributed by atoms with Crippen molar-refractivity contribution in [1.82, 2.24) is 0 Å². The van der Waals surface area contributed by atoms with Gasteiger partial charge in [0.25, 0.3) is 0 Å². The van der Waals surface area contributed by atoms with Crippen LogP contribution in [0, 0.1) is 0 Å². The van der Waals surface area contributed by atoms with Crippen LogP contribution in [0.1, 0.15) is 15.9 Å². The molecule has 0 fully saturated rings. The molecular formula is C13H6Cl2N6O. The van der Waals surface area contributed by atoms with E-state index in [1.54, 1.807) is 0 Å². The summed E-state index contributed by atoms with van der Waals surface area (Å²) in [4.78, 5) is 17.6. The molecule has 108 valence electrons. The highest BCUT2D eigenvalue weighted by atomic mass is 35.5. The molecule has 9 heteroatoms. The third-order valence-electron chi connectivity index (χ3n) is 2.72. The molecule has 0 saturated carbocycles. The van der Waals surface area contributed by atoms with Crippen LogP contribution in [0.4, 0.5) is 11.4 Å². The van der Waals surface area contributed by atoms with Crippen molar-refractivity contribution in [3.05, 3.63) is 78.5 Å². The van der Waals surface area contributed by atoms with E-state index < -0.39 is 0 Å². The SMILES string of the molecule is [N-]=[N+]=Nc1ccc(C(=O)c2ccc(N=[N+]=[N-])c(Cl)c2)cc1Cl. The summed E-state index contributed by atoms with van der Waals surface area (Å²) in [6, 6.07) is 8.70. The Bertz CT molecular complexity index is 784. The minimum Gasteiger partial charge on any atom is -0.289 e. The van der Waals surface area contributed by atoms with Gasteiger partial charge in [-0.15, -0.1) is 0 Å². The van der Waals surface area contributed by atoms with Gasteiger partial charge in [0.1, 0.15) is 0 Å². The molecule has 0 spiro atoms. The van der Waals surface area contributed by atoms with Crippen LogP contribution in [0.15, 0.2) is 46.6 Å². The molecule has 0 aliphatic rings. The minimum absolute atomic E-state index is 0.167. The van der Waals surface area contributed by atoms with Crippen LogP contribution in [-0.2, 0) is 0 Å². The number of ketones is 1. The summed E-state index contributed by atoms with van der Waals surface area (Å²) >= 11 is 11.9. The fourth-order valence-corrected chi connectivity index (χ4v) is 2.16. The maximum absolute atomic E-state index is 12.4. The zero-order valence-corrected chi connectivity index (χ0v) is 12.3. The Labute approximate surface area is 134 Å². The molecule has 0 aliphatic carbocycles. The average molecular weight is 333 g/mol. The van der Waals surface area contributed by atoms with E-state index in [-0.39, 0.29) is 27.2 Å². The fourth-order valence-electron chi connectivity index (χ4n) is 1.72. The summed E-state index contributed by atoms with van der Waals surface area (Å²) in [5.74, 6) is -0.316. The first-order chi connectivity index (χ1) is 10.6. The van der Waals surface area contributed by atoms with Crippen molar-refractivity contribution in [2.75, 3.05) is 0 Å². The lowest BCUT2D eigenvalue weighted by Crippen LogP contribution is -2.01. The second-order valence-electron chi connectivity index (χ2n) is 4.04. The molecule has 0 heterocycles. The molecule has 0 unspecified atom stereocenters. The first-order valence-corrected chi connectivity index (χ1v) is 6.56. The minimum atomic E-state index is -0.316. The van der Waals surface area contributed by atoms with Crippen LogP contribution in [0.3, 0.4) is 0 Å². The van der Waals surface area contributed by atoms with Crippen molar-refractivity contribution in [3.8, 4) is 0 Å². The Kier molecular flexibility index (Phi) is 4.88. The Morgan fingerprint density at radius 2 is 1.27 bits per heavy atom. The second kappa shape index (κ2) is 6.85. The van der Waals surface area contributed by atoms with Gasteiger partial charge in [-0.2, -0.15) is 0 Å². The summed E-state index contributed by atoms with van der Waals surface area (Å²) in [6.45, 7) is 0. The molecule has 0 bridgehead atoms. The monoisotopic (exact) mass is 332 g/mol. The average Bonchev–Trinajstić information content (AvgIpc) is 2.51. The molecule has 7 nitrogen and oxygen atoms in total. The van der Waals surface area contributed by atoms with Gasteiger partial charge in [-0.05, 0) is 23.2 Å². The van der Waals surface area contributed by atoms with Crippen LogP contribution in [-0.4, -0.2) is 5.78 Å². The van der Waals surface area contributed by atoms with Crippen molar-refractivity contribution in [2.24, 2.45) is 10.2 Å². The highest BCUT2D eigenvalue weighted by Crippen LogP contribution is 2.29. The molecule has 2 aromatic carbocycles. The lowest BCUT2D eigenvalue weighted by atomic mass is 10.0. The molecular weight excluding hydrogens is 327 g/mol. The van der Waals surface area contributed by atoms with Crippen LogP contribution >= 0.6 is 23.2 Å². The maximum atomic E-state index is 12.4. The number of nitrogens with zero attached hydrogens (tertiary/aromatic N) is 6. The smallest absolute Gasteiger partial charge is 0.193 e. The first-order valence-electron chi connectivity index (χ1n) is 5.81. The van der Waals surface area contributed by atoms with E-state index in [4.69, 9.17) is 34.3 Å². The van der Waals surface area contributed by atoms with Gasteiger partial charge in [0.2, 0.25) is 0 Å². The summed E-state index contributed by atoms with van der Waals surface area (Å²) in [5, 5.41) is 7.12. The fraction of sp³-hybridized carbons (Fsp3) is 0. The molecule has 0 N–H and O–H groups in total. The molecule has 0 aromatic heterocycles. The van der Waals surface area contributed by atoms with Crippen molar-refractivity contribution in [3.63, 3.8) is 0 Å². The lowest BCUT2D eigenvalue weighted by Gasteiger charge is -2.05. The number of carbonyl (C=O) groups is 1. The van der Waals surface area contributed by atoms with E-state index in [2.05, 4.69) is 20.1 Å². The summed E-state index contributed by atoms with van der Waals surface area (Å²) < 4.78 is 0. The number of halogens is 2. The molecule has 0 amide bonds. The van der Waals surface area contributed by atoms with Gasteiger partial charge in [-0.25, -0.2) is 0 Å². The number of benzene rings is 2. The Morgan fingerprint density at radius 3 is 1.59 bits per heavy atom. The summed E-state index contributed by atoms with van der Waals surface area (Å²) in [7, 11) is 0. The maximum Gasteiger partial charge on any atom is 0.193 e. The third-order valence-corrected chi connectivity index (χ3v) is 3.33. The van der Waals surface area contributed by atoms with Crippen LogP contribution in [0.25, 0.3) is 20.9 Å². The topological polar surface area (TPSA) is 115 Å².